The Labute approximate surface area is 125 Å². The van der Waals surface area contributed by atoms with E-state index in [2.05, 4.69) is 4.99 Å². The van der Waals surface area contributed by atoms with Crippen molar-refractivity contribution in [2.24, 2.45) is 16.5 Å². The van der Waals surface area contributed by atoms with Crippen molar-refractivity contribution < 1.29 is 18.4 Å². The summed E-state index contributed by atoms with van der Waals surface area (Å²) in [6.45, 7) is 0.798. The van der Waals surface area contributed by atoms with Crippen molar-refractivity contribution in [3.8, 4) is 0 Å². The molecule has 1 aliphatic rings. The third-order valence-electron chi connectivity index (χ3n) is 3.23. The summed E-state index contributed by atoms with van der Waals surface area (Å²) >= 11 is 0. The van der Waals surface area contributed by atoms with Crippen molar-refractivity contribution in [3.05, 3.63) is 41.0 Å². The molecule has 0 saturated heterocycles. The van der Waals surface area contributed by atoms with Gasteiger partial charge in [-0.3, -0.25) is 14.6 Å². The van der Waals surface area contributed by atoms with Gasteiger partial charge < -0.3 is 16.4 Å². The van der Waals surface area contributed by atoms with Gasteiger partial charge in [-0.2, -0.15) is 0 Å². The highest BCUT2D eigenvalue weighted by atomic mass is 19.2. The lowest BCUT2D eigenvalue weighted by Gasteiger charge is -2.23. The number of amides is 2. The molecular formula is C14H14F2N4O2. The van der Waals surface area contributed by atoms with Gasteiger partial charge >= 0.3 is 0 Å². The molecular weight excluding hydrogens is 294 g/mol. The maximum Gasteiger partial charge on any atom is 0.252 e. The average molecular weight is 308 g/mol. The molecule has 116 valence electrons. The molecule has 2 amide bonds. The Kier molecular flexibility index (Phi) is 4.50. The second-order valence-corrected chi connectivity index (χ2v) is 4.69. The fourth-order valence-electron chi connectivity index (χ4n) is 2.12. The van der Waals surface area contributed by atoms with Crippen LogP contribution in [0.1, 0.15) is 5.56 Å². The SMILES string of the molecule is NC(=O)C(C1=NCCN(C=O)C1)=C(N)c1ccc(F)c(F)c1. The van der Waals surface area contributed by atoms with Gasteiger partial charge in [0, 0.05) is 12.1 Å². The van der Waals surface area contributed by atoms with Gasteiger partial charge in [-0.05, 0) is 18.2 Å². The predicted molar refractivity (Wildman–Crippen MR) is 76.6 cm³/mol. The van der Waals surface area contributed by atoms with Crippen LogP contribution in [0, 0.1) is 11.6 Å². The molecule has 0 radical (unpaired) electrons. The van der Waals surface area contributed by atoms with Crippen molar-refractivity contribution in [1.29, 1.82) is 0 Å². The highest BCUT2D eigenvalue weighted by molar-refractivity contribution is 6.26. The number of aliphatic imine (C=N–C) groups is 1. The molecule has 0 aliphatic carbocycles. The molecule has 0 aromatic heterocycles. The molecule has 8 heteroatoms. The van der Waals surface area contributed by atoms with Crippen LogP contribution in [0.5, 0.6) is 0 Å². The van der Waals surface area contributed by atoms with Gasteiger partial charge in [0.2, 0.25) is 6.41 Å². The Balaban J connectivity index is 2.49. The largest absolute Gasteiger partial charge is 0.398 e. The van der Waals surface area contributed by atoms with Gasteiger partial charge in [-0.1, -0.05) is 0 Å². The maximum absolute atomic E-state index is 13.3. The Bertz CT molecular complexity index is 685. The fraction of sp³-hybridized carbons (Fsp3) is 0.214. The zero-order valence-corrected chi connectivity index (χ0v) is 11.6. The Morgan fingerprint density at radius 2 is 2.00 bits per heavy atom. The van der Waals surface area contributed by atoms with Crippen LogP contribution in [-0.4, -0.2) is 42.6 Å². The monoisotopic (exact) mass is 308 g/mol. The summed E-state index contributed by atoms with van der Waals surface area (Å²) < 4.78 is 26.3. The molecule has 0 atom stereocenters. The predicted octanol–water partition coefficient (Wildman–Crippen LogP) is 0.0329. The number of hydrogen-bond donors (Lipinski definition) is 2. The Hall–Kier alpha value is -2.77. The van der Waals surface area contributed by atoms with Crippen LogP contribution in [0.3, 0.4) is 0 Å². The number of benzene rings is 1. The van der Waals surface area contributed by atoms with Crippen LogP contribution in [-0.2, 0) is 9.59 Å². The molecule has 0 saturated carbocycles. The van der Waals surface area contributed by atoms with Gasteiger partial charge in [-0.15, -0.1) is 0 Å². The van der Waals surface area contributed by atoms with E-state index in [0.29, 0.717) is 19.5 Å². The molecule has 1 aromatic rings. The van der Waals surface area contributed by atoms with E-state index >= 15 is 0 Å². The van der Waals surface area contributed by atoms with Crippen molar-refractivity contribution in [1.82, 2.24) is 4.90 Å². The molecule has 1 heterocycles. The molecule has 0 fully saturated rings. The van der Waals surface area contributed by atoms with Crippen molar-refractivity contribution >= 4 is 23.7 Å². The first-order valence-electron chi connectivity index (χ1n) is 6.42. The summed E-state index contributed by atoms with van der Waals surface area (Å²) in [5, 5.41) is 0. The van der Waals surface area contributed by atoms with E-state index in [1.807, 2.05) is 0 Å². The third-order valence-corrected chi connectivity index (χ3v) is 3.23. The van der Waals surface area contributed by atoms with E-state index in [9.17, 15) is 18.4 Å². The van der Waals surface area contributed by atoms with Gasteiger partial charge in [-0.25, -0.2) is 8.78 Å². The Morgan fingerprint density at radius 3 is 2.59 bits per heavy atom. The zero-order valence-electron chi connectivity index (χ0n) is 11.6. The van der Waals surface area contributed by atoms with Crippen LogP contribution in [0.2, 0.25) is 0 Å². The average Bonchev–Trinajstić information content (AvgIpc) is 2.50. The highest BCUT2D eigenvalue weighted by Gasteiger charge is 2.23. The molecule has 2 rings (SSSR count). The van der Waals surface area contributed by atoms with Gasteiger partial charge in [0.1, 0.15) is 0 Å². The first-order chi connectivity index (χ1) is 10.4. The van der Waals surface area contributed by atoms with Gasteiger partial charge in [0.05, 0.1) is 30.1 Å². The lowest BCUT2D eigenvalue weighted by Crippen LogP contribution is -2.39. The summed E-state index contributed by atoms with van der Waals surface area (Å²) in [6.07, 6.45) is 0.626. The number of carbonyl (C=O) groups excluding carboxylic acids is 2. The molecule has 1 aromatic carbocycles. The normalized spacial score (nSPS) is 15.9. The quantitative estimate of drug-likeness (QED) is 0.606. The minimum absolute atomic E-state index is 0.0755. The summed E-state index contributed by atoms with van der Waals surface area (Å²) in [4.78, 5) is 28.1. The van der Waals surface area contributed by atoms with E-state index in [1.54, 1.807) is 0 Å². The van der Waals surface area contributed by atoms with Crippen LogP contribution in [0.15, 0.2) is 28.8 Å². The molecule has 1 aliphatic heterocycles. The number of carbonyl (C=O) groups is 2. The summed E-state index contributed by atoms with van der Waals surface area (Å²) in [6, 6.07) is 3.00. The van der Waals surface area contributed by atoms with Gasteiger partial charge in [0.25, 0.3) is 5.91 Å². The van der Waals surface area contributed by atoms with E-state index < -0.39 is 17.5 Å². The minimum atomic E-state index is -1.09. The van der Waals surface area contributed by atoms with Crippen LogP contribution >= 0.6 is 0 Å². The third kappa shape index (κ3) is 3.11. The van der Waals surface area contributed by atoms with E-state index in [1.165, 1.54) is 11.0 Å². The molecule has 22 heavy (non-hydrogen) atoms. The van der Waals surface area contributed by atoms with Crippen molar-refractivity contribution in [2.45, 2.75) is 0 Å². The number of primary amides is 1. The molecule has 4 N–H and O–H groups in total. The molecule has 0 spiro atoms. The smallest absolute Gasteiger partial charge is 0.252 e. The number of nitrogens with two attached hydrogens (primary N) is 2. The van der Waals surface area contributed by atoms with Gasteiger partial charge in [0.15, 0.2) is 11.6 Å². The lowest BCUT2D eigenvalue weighted by atomic mass is 10.0. The number of hydrogen-bond acceptors (Lipinski definition) is 4. The zero-order chi connectivity index (χ0) is 16.3. The van der Waals surface area contributed by atoms with Crippen molar-refractivity contribution in [3.63, 3.8) is 0 Å². The maximum atomic E-state index is 13.3. The molecule has 0 unspecified atom stereocenters. The standard InChI is InChI=1S/C14H14F2N4O2/c15-9-2-1-8(5-10(9)16)13(17)12(14(18)22)11-6-20(7-21)4-3-19-11/h1-2,5,7H,3-4,6,17H2,(H2,18,22). The highest BCUT2D eigenvalue weighted by Crippen LogP contribution is 2.19. The number of nitrogens with zero attached hydrogens (tertiary/aromatic N) is 2. The number of rotatable bonds is 4. The first kappa shape index (κ1) is 15.6. The Morgan fingerprint density at radius 1 is 1.27 bits per heavy atom. The molecule has 6 nitrogen and oxygen atoms in total. The van der Waals surface area contributed by atoms with Crippen LogP contribution in [0.4, 0.5) is 8.78 Å². The second-order valence-electron chi connectivity index (χ2n) is 4.69. The van der Waals surface area contributed by atoms with E-state index in [4.69, 9.17) is 11.5 Å². The van der Waals surface area contributed by atoms with Crippen LogP contribution < -0.4 is 11.5 Å². The van der Waals surface area contributed by atoms with E-state index in [-0.39, 0.29) is 29.1 Å². The second kappa shape index (κ2) is 6.33. The van der Waals surface area contributed by atoms with E-state index in [0.717, 1.165) is 12.1 Å². The van der Waals surface area contributed by atoms with Crippen LogP contribution in [0.25, 0.3) is 5.70 Å². The summed E-state index contributed by atoms with van der Waals surface area (Å²) in [5.74, 6) is -2.97. The molecule has 0 bridgehead atoms. The van der Waals surface area contributed by atoms with Crippen molar-refractivity contribution in [2.75, 3.05) is 19.6 Å². The number of halogens is 2. The lowest BCUT2D eigenvalue weighted by molar-refractivity contribution is -0.118. The minimum Gasteiger partial charge on any atom is -0.398 e. The topological polar surface area (TPSA) is 102 Å². The summed E-state index contributed by atoms with van der Waals surface area (Å²) in [5.41, 5.74) is 11.3. The summed E-state index contributed by atoms with van der Waals surface area (Å²) in [7, 11) is 0. The fourth-order valence-corrected chi connectivity index (χ4v) is 2.12. The first-order valence-corrected chi connectivity index (χ1v) is 6.42.